The maximum Gasteiger partial charge on any atom is 0.0541 e. The van der Waals surface area contributed by atoms with Gasteiger partial charge in [0.25, 0.3) is 0 Å². The van der Waals surface area contributed by atoms with Crippen molar-refractivity contribution in [3.63, 3.8) is 0 Å². The summed E-state index contributed by atoms with van der Waals surface area (Å²) < 4.78 is 2.39. The predicted molar refractivity (Wildman–Crippen MR) is 259 cm³/mol. The van der Waals surface area contributed by atoms with Crippen molar-refractivity contribution in [1.82, 2.24) is 4.57 Å². The summed E-state index contributed by atoms with van der Waals surface area (Å²) in [5.41, 5.74) is 17.0. The normalized spacial score (nSPS) is 12.9. The van der Waals surface area contributed by atoms with Crippen molar-refractivity contribution in [2.45, 2.75) is 19.3 Å². The fraction of sp³-hybridized carbons (Fsp3) is 0.0508. The Morgan fingerprint density at radius 1 is 0.344 bits per heavy atom. The first-order valence-electron chi connectivity index (χ1n) is 21.3. The van der Waals surface area contributed by atoms with Gasteiger partial charge in [0.05, 0.1) is 11.0 Å². The van der Waals surface area contributed by atoms with E-state index >= 15 is 0 Å². The summed E-state index contributed by atoms with van der Waals surface area (Å²) in [4.78, 5) is 2.44. The summed E-state index contributed by atoms with van der Waals surface area (Å²) in [6.07, 6.45) is 0. The molecule has 0 N–H and O–H groups in total. The summed E-state index contributed by atoms with van der Waals surface area (Å²) in [6, 6.07) is 80.4. The van der Waals surface area contributed by atoms with Crippen molar-refractivity contribution in [3.8, 4) is 39.1 Å². The Kier molecular flexibility index (Phi) is 7.92. The second-order valence-corrected chi connectivity index (χ2v) is 16.9. The maximum atomic E-state index is 2.44. The molecule has 0 saturated carbocycles. The minimum Gasteiger partial charge on any atom is -0.310 e. The van der Waals surface area contributed by atoms with Crippen molar-refractivity contribution >= 4 is 60.4 Å². The maximum absolute atomic E-state index is 2.44. The fourth-order valence-electron chi connectivity index (χ4n) is 10.2. The van der Waals surface area contributed by atoms with Crippen LogP contribution in [0.4, 0.5) is 17.1 Å². The molecule has 0 radical (unpaired) electrons. The number of anilines is 3. The van der Waals surface area contributed by atoms with Gasteiger partial charge in [0.15, 0.2) is 0 Å². The third kappa shape index (κ3) is 5.56. The molecule has 2 heteroatoms. The SMILES string of the molecule is CC1(C)c2cc(-c3ccccc3)ccc2-c2ccc(N(c3ccc(-n4c5ccccc5c5ccccc54)cc3)c3cccc(-c4cccc5c4ccc4ccccc45)c3)cc21. The lowest BCUT2D eigenvalue weighted by Gasteiger charge is -2.29. The third-order valence-corrected chi connectivity index (χ3v) is 13.2. The van der Waals surface area contributed by atoms with Crippen LogP contribution in [0.2, 0.25) is 0 Å². The van der Waals surface area contributed by atoms with Crippen molar-refractivity contribution < 1.29 is 0 Å². The molecule has 0 bridgehead atoms. The molecule has 288 valence electrons. The summed E-state index contributed by atoms with van der Waals surface area (Å²) in [5.74, 6) is 0. The van der Waals surface area contributed by atoms with Gasteiger partial charge in [0.1, 0.15) is 0 Å². The Morgan fingerprint density at radius 2 is 0.934 bits per heavy atom. The Labute approximate surface area is 356 Å². The Hall–Kier alpha value is -7.68. The molecule has 0 unspecified atom stereocenters. The number of benzene rings is 10. The molecule has 10 aromatic carbocycles. The van der Waals surface area contributed by atoms with Gasteiger partial charge in [-0.05, 0) is 133 Å². The predicted octanol–water partition coefficient (Wildman–Crippen LogP) is 16.2. The summed E-state index contributed by atoms with van der Waals surface area (Å²) in [6.45, 7) is 4.76. The van der Waals surface area contributed by atoms with Crippen molar-refractivity contribution in [1.29, 1.82) is 0 Å². The van der Waals surface area contributed by atoms with Crippen LogP contribution in [0.1, 0.15) is 25.0 Å². The minimum atomic E-state index is -0.189. The number of aromatic nitrogens is 1. The van der Waals surface area contributed by atoms with E-state index in [0.29, 0.717) is 0 Å². The van der Waals surface area contributed by atoms with E-state index in [2.05, 4.69) is 242 Å². The lowest BCUT2D eigenvalue weighted by Crippen LogP contribution is -2.16. The Morgan fingerprint density at radius 3 is 1.70 bits per heavy atom. The second kappa shape index (κ2) is 13.7. The largest absolute Gasteiger partial charge is 0.310 e. The van der Waals surface area contributed by atoms with Gasteiger partial charge < -0.3 is 9.47 Å². The Bertz CT molecular complexity index is 3450. The molecule has 0 spiro atoms. The molecular formula is C59H42N2. The number of hydrogen-bond acceptors (Lipinski definition) is 1. The van der Waals surface area contributed by atoms with Gasteiger partial charge >= 0.3 is 0 Å². The van der Waals surface area contributed by atoms with Crippen LogP contribution in [0.5, 0.6) is 0 Å². The van der Waals surface area contributed by atoms with Crippen LogP contribution in [-0.4, -0.2) is 4.57 Å². The second-order valence-electron chi connectivity index (χ2n) is 16.9. The smallest absolute Gasteiger partial charge is 0.0541 e. The van der Waals surface area contributed by atoms with E-state index in [1.54, 1.807) is 0 Å². The molecule has 0 amide bonds. The average Bonchev–Trinajstić information content (AvgIpc) is 3.77. The van der Waals surface area contributed by atoms with Crippen molar-refractivity contribution in [2.24, 2.45) is 0 Å². The van der Waals surface area contributed by atoms with Crippen LogP contribution in [0.15, 0.2) is 218 Å². The van der Waals surface area contributed by atoms with E-state index in [0.717, 1.165) is 22.7 Å². The van der Waals surface area contributed by atoms with Crippen LogP contribution in [-0.2, 0) is 5.41 Å². The van der Waals surface area contributed by atoms with Crippen molar-refractivity contribution in [3.05, 3.63) is 230 Å². The van der Waals surface area contributed by atoms with E-state index < -0.39 is 0 Å². The molecule has 0 saturated heterocycles. The summed E-state index contributed by atoms with van der Waals surface area (Å²) in [5, 5.41) is 7.59. The van der Waals surface area contributed by atoms with E-state index in [9.17, 15) is 0 Å². The highest BCUT2D eigenvalue weighted by molar-refractivity contribution is 6.12. The highest BCUT2D eigenvalue weighted by Crippen LogP contribution is 2.52. The number of nitrogens with zero attached hydrogens (tertiary/aromatic N) is 2. The first kappa shape index (κ1) is 35.3. The molecule has 61 heavy (non-hydrogen) atoms. The highest BCUT2D eigenvalue weighted by atomic mass is 15.1. The number of rotatable bonds is 6. The molecule has 0 aliphatic heterocycles. The quantitative estimate of drug-likeness (QED) is 0.153. The van der Waals surface area contributed by atoms with E-state index in [-0.39, 0.29) is 5.41 Å². The van der Waals surface area contributed by atoms with Gasteiger partial charge in [-0.15, -0.1) is 0 Å². The standard InChI is InChI=1S/C59H42N2/c1-59(2)55-37-41(39-14-4-3-5-15-39)27-34-51(55)52-35-32-46(38-56(52)59)60(43-28-30-44(31-29-43)61-57-24-10-8-20-53(57)54-21-9-11-25-58(54)61)45-18-12-17-42(36-45)48-22-13-23-49-47-19-7-6-16-40(47)26-33-50(48)49/h3-38H,1-2H3. The Balaban J connectivity index is 1.01. The zero-order valence-corrected chi connectivity index (χ0v) is 34.2. The van der Waals surface area contributed by atoms with Crippen molar-refractivity contribution in [2.75, 3.05) is 4.90 Å². The van der Waals surface area contributed by atoms with Gasteiger partial charge in [-0.1, -0.05) is 166 Å². The average molecular weight is 779 g/mol. The van der Waals surface area contributed by atoms with Gasteiger partial charge in [0.2, 0.25) is 0 Å². The number of para-hydroxylation sites is 2. The molecule has 1 aromatic heterocycles. The molecule has 2 nitrogen and oxygen atoms in total. The van der Waals surface area contributed by atoms with Gasteiger partial charge in [-0.2, -0.15) is 0 Å². The topological polar surface area (TPSA) is 8.17 Å². The zero-order chi connectivity index (χ0) is 40.7. The lowest BCUT2D eigenvalue weighted by molar-refractivity contribution is 0.660. The molecule has 11 aromatic rings. The molecule has 0 fully saturated rings. The molecule has 1 aliphatic carbocycles. The summed E-state index contributed by atoms with van der Waals surface area (Å²) >= 11 is 0. The first-order valence-corrected chi connectivity index (χ1v) is 21.3. The third-order valence-electron chi connectivity index (χ3n) is 13.2. The minimum absolute atomic E-state index is 0.189. The van der Waals surface area contributed by atoms with E-state index in [1.807, 2.05) is 0 Å². The zero-order valence-electron chi connectivity index (χ0n) is 34.2. The van der Waals surface area contributed by atoms with E-state index in [4.69, 9.17) is 0 Å². The first-order chi connectivity index (χ1) is 30.0. The van der Waals surface area contributed by atoms with Crippen LogP contribution >= 0.6 is 0 Å². The van der Waals surface area contributed by atoms with Gasteiger partial charge in [-0.3, -0.25) is 0 Å². The highest BCUT2D eigenvalue weighted by Gasteiger charge is 2.36. The molecule has 1 heterocycles. The van der Waals surface area contributed by atoms with Crippen LogP contribution in [0.25, 0.3) is 82.4 Å². The monoisotopic (exact) mass is 778 g/mol. The molecule has 0 atom stereocenters. The fourth-order valence-corrected chi connectivity index (χ4v) is 10.2. The number of hydrogen-bond donors (Lipinski definition) is 0. The lowest BCUT2D eigenvalue weighted by atomic mass is 9.81. The van der Waals surface area contributed by atoms with Crippen LogP contribution in [0, 0.1) is 0 Å². The van der Waals surface area contributed by atoms with Gasteiger partial charge in [0, 0.05) is 38.9 Å². The molecular weight excluding hydrogens is 737 g/mol. The van der Waals surface area contributed by atoms with E-state index in [1.165, 1.54) is 87.9 Å². The number of fused-ring (bicyclic) bond motifs is 9. The molecule has 12 rings (SSSR count). The van der Waals surface area contributed by atoms with Crippen LogP contribution < -0.4 is 4.90 Å². The van der Waals surface area contributed by atoms with Gasteiger partial charge in [-0.25, -0.2) is 0 Å². The molecule has 1 aliphatic rings. The van der Waals surface area contributed by atoms with Crippen LogP contribution in [0.3, 0.4) is 0 Å². The summed E-state index contributed by atoms with van der Waals surface area (Å²) in [7, 11) is 0.